The Morgan fingerprint density at radius 1 is 1.00 bits per heavy atom. The van der Waals surface area contributed by atoms with Gasteiger partial charge in [0.15, 0.2) is 0 Å². The van der Waals surface area contributed by atoms with E-state index in [1.165, 1.54) is 6.07 Å². The SMILES string of the molecule is CCCn1c(=O)c(Cc2ccc(-c3ccc(F)c(Cl)c3)cc2)c(O)c2ccccc21. The topological polar surface area (TPSA) is 42.2 Å². The third kappa shape index (κ3) is 3.71. The monoisotopic (exact) mass is 421 g/mol. The smallest absolute Gasteiger partial charge is 0.258 e. The summed E-state index contributed by atoms with van der Waals surface area (Å²) in [6.07, 6.45) is 1.15. The van der Waals surface area contributed by atoms with Crippen LogP contribution in [0.15, 0.2) is 71.5 Å². The quantitative estimate of drug-likeness (QED) is 0.419. The molecule has 0 aliphatic rings. The molecule has 1 aromatic heterocycles. The number of aromatic hydroxyl groups is 1. The van der Waals surface area contributed by atoms with Crippen molar-refractivity contribution in [3.05, 3.63) is 99.1 Å². The summed E-state index contributed by atoms with van der Waals surface area (Å²) in [5, 5.41) is 11.6. The predicted octanol–water partition coefficient (Wildman–Crippen LogP) is 6.17. The van der Waals surface area contributed by atoms with E-state index >= 15 is 0 Å². The normalized spacial score (nSPS) is 11.2. The van der Waals surface area contributed by atoms with Gasteiger partial charge in [-0.05, 0) is 47.4 Å². The molecule has 152 valence electrons. The molecule has 0 fully saturated rings. The zero-order chi connectivity index (χ0) is 21.3. The van der Waals surface area contributed by atoms with Crippen LogP contribution < -0.4 is 5.56 Å². The van der Waals surface area contributed by atoms with E-state index in [1.807, 2.05) is 55.5 Å². The van der Waals surface area contributed by atoms with Gasteiger partial charge in [0.05, 0.1) is 16.1 Å². The largest absolute Gasteiger partial charge is 0.507 e. The minimum atomic E-state index is -0.452. The van der Waals surface area contributed by atoms with Gasteiger partial charge in [-0.15, -0.1) is 0 Å². The van der Waals surface area contributed by atoms with Crippen LogP contribution in [-0.2, 0) is 13.0 Å². The fourth-order valence-corrected chi connectivity index (χ4v) is 3.93. The molecule has 0 atom stereocenters. The maximum atomic E-state index is 13.4. The first-order chi connectivity index (χ1) is 14.5. The van der Waals surface area contributed by atoms with Crippen molar-refractivity contribution in [3.63, 3.8) is 0 Å². The van der Waals surface area contributed by atoms with E-state index in [-0.39, 0.29) is 16.3 Å². The van der Waals surface area contributed by atoms with Crippen LogP contribution in [0.3, 0.4) is 0 Å². The zero-order valence-corrected chi connectivity index (χ0v) is 17.3. The van der Waals surface area contributed by atoms with Crippen molar-refractivity contribution in [2.75, 3.05) is 0 Å². The Hall–Kier alpha value is -3.11. The Morgan fingerprint density at radius 2 is 1.70 bits per heavy atom. The molecule has 0 spiro atoms. The fraction of sp³-hybridized carbons (Fsp3) is 0.160. The number of fused-ring (bicyclic) bond motifs is 1. The highest BCUT2D eigenvalue weighted by atomic mass is 35.5. The molecule has 0 saturated heterocycles. The first-order valence-corrected chi connectivity index (χ1v) is 10.2. The fourth-order valence-electron chi connectivity index (χ4n) is 3.75. The van der Waals surface area contributed by atoms with E-state index in [0.717, 1.165) is 28.6 Å². The van der Waals surface area contributed by atoms with Gasteiger partial charge in [-0.1, -0.05) is 61.0 Å². The molecule has 1 heterocycles. The number of aryl methyl sites for hydroxylation is 1. The van der Waals surface area contributed by atoms with Crippen molar-refractivity contribution in [1.29, 1.82) is 0 Å². The van der Waals surface area contributed by atoms with E-state index < -0.39 is 5.82 Å². The van der Waals surface area contributed by atoms with Gasteiger partial charge in [0.1, 0.15) is 11.6 Å². The lowest BCUT2D eigenvalue weighted by atomic mass is 9.99. The molecular formula is C25H21ClFNO2. The van der Waals surface area contributed by atoms with Crippen LogP contribution in [0.1, 0.15) is 24.5 Å². The van der Waals surface area contributed by atoms with Crippen molar-refractivity contribution in [2.24, 2.45) is 0 Å². The van der Waals surface area contributed by atoms with Gasteiger partial charge < -0.3 is 9.67 Å². The Balaban J connectivity index is 1.72. The molecule has 0 saturated carbocycles. The van der Waals surface area contributed by atoms with Gasteiger partial charge in [0.2, 0.25) is 0 Å². The molecule has 1 N–H and O–H groups in total. The summed E-state index contributed by atoms with van der Waals surface area (Å²) in [5.41, 5.74) is 3.58. The number of aromatic nitrogens is 1. The maximum absolute atomic E-state index is 13.4. The maximum Gasteiger partial charge on any atom is 0.258 e. The number of pyridine rings is 1. The molecule has 0 aliphatic heterocycles. The minimum Gasteiger partial charge on any atom is -0.507 e. The van der Waals surface area contributed by atoms with Crippen molar-refractivity contribution < 1.29 is 9.50 Å². The van der Waals surface area contributed by atoms with Gasteiger partial charge in [-0.25, -0.2) is 4.39 Å². The standard InChI is InChI=1S/C25H21ClFNO2/c1-2-13-28-23-6-4-3-5-19(23)24(29)20(25(28)30)14-16-7-9-17(10-8-16)18-11-12-22(27)21(26)15-18/h3-12,15,29H,2,13-14H2,1H3. The van der Waals surface area contributed by atoms with Crippen LogP contribution in [-0.4, -0.2) is 9.67 Å². The summed E-state index contributed by atoms with van der Waals surface area (Å²) in [6, 6.07) is 19.6. The van der Waals surface area contributed by atoms with Crippen LogP contribution in [0.5, 0.6) is 5.75 Å². The molecule has 4 rings (SSSR count). The van der Waals surface area contributed by atoms with E-state index in [1.54, 1.807) is 16.7 Å². The summed E-state index contributed by atoms with van der Waals surface area (Å²) in [7, 11) is 0. The highest BCUT2D eigenvalue weighted by molar-refractivity contribution is 6.31. The third-order valence-electron chi connectivity index (χ3n) is 5.27. The van der Waals surface area contributed by atoms with Crippen molar-refractivity contribution in [1.82, 2.24) is 4.57 Å². The molecule has 0 unspecified atom stereocenters. The second-order valence-electron chi connectivity index (χ2n) is 7.30. The first kappa shape index (κ1) is 20.2. The van der Waals surface area contributed by atoms with Crippen LogP contribution in [0.2, 0.25) is 5.02 Å². The highest BCUT2D eigenvalue weighted by Gasteiger charge is 2.16. The van der Waals surface area contributed by atoms with Crippen LogP contribution in [0, 0.1) is 5.82 Å². The average Bonchev–Trinajstić information content (AvgIpc) is 2.76. The minimum absolute atomic E-state index is 0.0392. The summed E-state index contributed by atoms with van der Waals surface area (Å²) in [4.78, 5) is 13.1. The number of benzene rings is 3. The lowest BCUT2D eigenvalue weighted by molar-refractivity contribution is 0.471. The third-order valence-corrected chi connectivity index (χ3v) is 5.56. The summed E-state index contributed by atoms with van der Waals surface area (Å²) >= 11 is 5.89. The number of nitrogens with zero attached hydrogens (tertiary/aromatic N) is 1. The summed E-state index contributed by atoms with van der Waals surface area (Å²) in [5.74, 6) is -0.412. The van der Waals surface area contributed by atoms with Gasteiger partial charge in [-0.2, -0.15) is 0 Å². The molecule has 30 heavy (non-hydrogen) atoms. The van der Waals surface area contributed by atoms with Gasteiger partial charge in [-0.3, -0.25) is 4.79 Å². The molecule has 3 nitrogen and oxygen atoms in total. The van der Waals surface area contributed by atoms with E-state index in [0.29, 0.717) is 23.9 Å². The van der Waals surface area contributed by atoms with Crippen molar-refractivity contribution >= 4 is 22.5 Å². The van der Waals surface area contributed by atoms with Crippen LogP contribution in [0.25, 0.3) is 22.0 Å². The number of halogens is 2. The van der Waals surface area contributed by atoms with E-state index in [2.05, 4.69) is 0 Å². The van der Waals surface area contributed by atoms with E-state index in [4.69, 9.17) is 11.6 Å². The highest BCUT2D eigenvalue weighted by Crippen LogP contribution is 2.29. The molecule has 3 aromatic carbocycles. The van der Waals surface area contributed by atoms with Crippen LogP contribution in [0.4, 0.5) is 4.39 Å². The van der Waals surface area contributed by atoms with E-state index in [9.17, 15) is 14.3 Å². The molecule has 5 heteroatoms. The number of para-hydroxylation sites is 1. The summed E-state index contributed by atoms with van der Waals surface area (Å²) < 4.78 is 15.1. The van der Waals surface area contributed by atoms with Gasteiger partial charge in [0, 0.05) is 18.4 Å². The second-order valence-corrected chi connectivity index (χ2v) is 7.71. The Kier molecular flexibility index (Phi) is 5.60. The number of hydrogen-bond donors (Lipinski definition) is 1. The average molecular weight is 422 g/mol. The lowest BCUT2D eigenvalue weighted by Crippen LogP contribution is -2.24. The van der Waals surface area contributed by atoms with Crippen molar-refractivity contribution in [3.8, 4) is 16.9 Å². The molecule has 0 amide bonds. The Bertz CT molecular complexity index is 1280. The molecule has 0 bridgehead atoms. The Labute approximate surface area is 179 Å². The summed E-state index contributed by atoms with van der Waals surface area (Å²) in [6.45, 7) is 2.62. The second kappa shape index (κ2) is 8.33. The van der Waals surface area contributed by atoms with Gasteiger partial charge in [0.25, 0.3) is 5.56 Å². The molecule has 0 aliphatic carbocycles. The molecule has 4 aromatic rings. The van der Waals surface area contributed by atoms with Gasteiger partial charge >= 0.3 is 0 Å². The first-order valence-electron chi connectivity index (χ1n) is 9.87. The lowest BCUT2D eigenvalue weighted by Gasteiger charge is -2.14. The molecule has 0 radical (unpaired) electrons. The molecular weight excluding hydrogens is 401 g/mol. The number of rotatable bonds is 5. The van der Waals surface area contributed by atoms with Crippen LogP contribution >= 0.6 is 11.6 Å². The predicted molar refractivity (Wildman–Crippen MR) is 120 cm³/mol. The Morgan fingerprint density at radius 3 is 2.40 bits per heavy atom. The zero-order valence-electron chi connectivity index (χ0n) is 16.5. The van der Waals surface area contributed by atoms with Crippen molar-refractivity contribution in [2.45, 2.75) is 26.3 Å². The number of hydrogen-bond acceptors (Lipinski definition) is 2.